The number of nitrogens with two attached hydrogens (primary N) is 1. The fourth-order valence-corrected chi connectivity index (χ4v) is 1.00. The van der Waals surface area contributed by atoms with Crippen molar-refractivity contribution in [1.29, 1.82) is 0 Å². The number of benzene rings is 1. The minimum absolute atomic E-state index is 0.00873. The minimum atomic E-state index is -0.945. The molecule has 3 nitrogen and oxygen atoms in total. The van der Waals surface area contributed by atoms with Crippen molar-refractivity contribution in [3.05, 3.63) is 34.6 Å². The average molecular weight is 204 g/mol. The van der Waals surface area contributed by atoms with Crippen molar-refractivity contribution in [2.45, 2.75) is 6.61 Å². The van der Waals surface area contributed by atoms with E-state index in [-0.39, 0.29) is 17.2 Å². The first-order chi connectivity index (χ1) is 6.11. The van der Waals surface area contributed by atoms with Gasteiger partial charge in [-0.15, -0.1) is 0 Å². The van der Waals surface area contributed by atoms with Gasteiger partial charge in [0.1, 0.15) is 12.4 Å². The monoisotopic (exact) mass is 203 g/mol. The van der Waals surface area contributed by atoms with Crippen LogP contribution in [0.15, 0.2) is 18.2 Å². The molecule has 1 amide bonds. The number of ether oxygens (including phenoxy) is 1. The molecular formula is C8H7ClFNO2. The van der Waals surface area contributed by atoms with Gasteiger partial charge in [0.15, 0.2) is 0 Å². The Morgan fingerprint density at radius 3 is 2.92 bits per heavy atom. The van der Waals surface area contributed by atoms with E-state index in [4.69, 9.17) is 17.3 Å². The summed E-state index contributed by atoms with van der Waals surface area (Å²) in [6, 6.07) is 4.43. The third-order valence-electron chi connectivity index (χ3n) is 1.40. The largest absolute Gasteiger partial charge is 0.445 e. The predicted molar refractivity (Wildman–Crippen MR) is 45.8 cm³/mol. The molecule has 1 aromatic carbocycles. The second-order valence-electron chi connectivity index (χ2n) is 2.32. The number of carbonyl (C=O) groups excluding carboxylic acids is 1. The Hall–Kier alpha value is -1.29. The number of carbonyl (C=O) groups is 1. The fourth-order valence-electron chi connectivity index (χ4n) is 0.809. The van der Waals surface area contributed by atoms with Crippen molar-refractivity contribution in [2.24, 2.45) is 5.73 Å². The van der Waals surface area contributed by atoms with Crippen molar-refractivity contribution in [3.8, 4) is 0 Å². The van der Waals surface area contributed by atoms with Gasteiger partial charge in [0, 0.05) is 5.56 Å². The van der Waals surface area contributed by atoms with E-state index in [9.17, 15) is 9.18 Å². The number of halogens is 2. The third-order valence-corrected chi connectivity index (χ3v) is 1.69. The molecule has 0 radical (unpaired) electrons. The highest BCUT2D eigenvalue weighted by Crippen LogP contribution is 2.18. The van der Waals surface area contributed by atoms with Gasteiger partial charge in [0.2, 0.25) is 0 Å². The molecule has 70 valence electrons. The van der Waals surface area contributed by atoms with Gasteiger partial charge in [-0.3, -0.25) is 0 Å². The van der Waals surface area contributed by atoms with E-state index < -0.39 is 11.9 Å². The van der Waals surface area contributed by atoms with E-state index in [1.165, 1.54) is 12.1 Å². The molecule has 0 heterocycles. The highest BCUT2D eigenvalue weighted by Gasteiger charge is 2.06. The van der Waals surface area contributed by atoms with Gasteiger partial charge in [-0.2, -0.15) is 0 Å². The van der Waals surface area contributed by atoms with Crippen LogP contribution >= 0.6 is 11.6 Å². The zero-order chi connectivity index (χ0) is 9.84. The summed E-state index contributed by atoms with van der Waals surface area (Å²) in [6.45, 7) is -0.207. The number of amides is 1. The van der Waals surface area contributed by atoms with Crippen molar-refractivity contribution < 1.29 is 13.9 Å². The summed E-state index contributed by atoms with van der Waals surface area (Å²) < 4.78 is 17.5. The van der Waals surface area contributed by atoms with E-state index in [1.807, 2.05) is 0 Å². The van der Waals surface area contributed by atoms with Crippen LogP contribution in [0.4, 0.5) is 9.18 Å². The van der Waals surface area contributed by atoms with Crippen LogP contribution in [-0.2, 0) is 11.3 Å². The maximum atomic E-state index is 13.1. The van der Waals surface area contributed by atoms with Gasteiger partial charge < -0.3 is 10.5 Å². The van der Waals surface area contributed by atoms with Crippen molar-refractivity contribution in [1.82, 2.24) is 0 Å². The lowest BCUT2D eigenvalue weighted by atomic mass is 10.2. The Morgan fingerprint density at radius 2 is 2.31 bits per heavy atom. The van der Waals surface area contributed by atoms with Crippen LogP contribution < -0.4 is 5.73 Å². The molecule has 0 aliphatic carbocycles. The number of hydrogen-bond acceptors (Lipinski definition) is 2. The van der Waals surface area contributed by atoms with Gasteiger partial charge >= 0.3 is 6.09 Å². The van der Waals surface area contributed by atoms with Crippen LogP contribution in [0, 0.1) is 5.82 Å². The van der Waals surface area contributed by atoms with Crippen molar-refractivity contribution >= 4 is 17.7 Å². The second-order valence-corrected chi connectivity index (χ2v) is 2.73. The summed E-state index contributed by atoms with van der Waals surface area (Å²) >= 11 is 5.48. The lowest BCUT2D eigenvalue weighted by Gasteiger charge is -2.03. The Bertz CT molecular complexity index is 330. The summed E-state index contributed by atoms with van der Waals surface area (Å²) in [7, 11) is 0. The van der Waals surface area contributed by atoms with Gasteiger partial charge in [-0.25, -0.2) is 9.18 Å². The average Bonchev–Trinajstić information content (AvgIpc) is 2.07. The summed E-state index contributed by atoms with van der Waals surface area (Å²) in [5, 5.41) is -0.00873. The molecular weight excluding hydrogens is 197 g/mol. The molecule has 1 aromatic rings. The molecule has 0 unspecified atom stereocenters. The molecule has 0 bridgehead atoms. The Morgan fingerprint density at radius 1 is 1.62 bits per heavy atom. The van der Waals surface area contributed by atoms with E-state index in [0.717, 1.165) is 0 Å². The lowest BCUT2D eigenvalue weighted by Crippen LogP contribution is -2.13. The second kappa shape index (κ2) is 4.09. The Labute approximate surface area is 79.2 Å². The summed E-state index contributed by atoms with van der Waals surface area (Å²) in [5.74, 6) is -0.592. The summed E-state index contributed by atoms with van der Waals surface area (Å²) in [4.78, 5) is 10.2. The van der Waals surface area contributed by atoms with Gasteiger partial charge in [0.25, 0.3) is 0 Å². The van der Waals surface area contributed by atoms with Crippen LogP contribution in [-0.4, -0.2) is 6.09 Å². The molecule has 0 aromatic heterocycles. The maximum absolute atomic E-state index is 13.1. The van der Waals surface area contributed by atoms with Crippen molar-refractivity contribution in [3.63, 3.8) is 0 Å². The van der Waals surface area contributed by atoms with Crippen LogP contribution in [0.5, 0.6) is 0 Å². The number of hydrogen-bond donors (Lipinski definition) is 1. The standard InChI is InChI=1S/C8H7ClFNO2/c9-6-3-1-2-5(7(6)10)4-13-8(11)12/h1-3H,4H2,(H2,11,12). The molecule has 0 saturated heterocycles. The van der Waals surface area contributed by atoms with Crippen LogP contribution in [0.25, 0.3) is 0 Å². The molecule has 0 fully saturated rings. The van der Waals surface area contributed by atoms with E-state index in [1.54, 1.807) is 6.07 Å². The van der Waals surface area contributed by atoms with E-state index in [2.05, 4.69) is 4.74 Å². The molecule has 0 atom stereocenters. The van der Waals surface area contributed by atoms with Gasteiger partial charge in [-0.1, -0.05) is 23.7 Å². The molecule has 5 heteroatoms. The molecule has 0 aliphatic rings. The van der Waals surface area contributed by atoms with E-state index >= 15 is 0 Å². The molecule has 2 N–H and O–H groups in total. The molecule has 0 aliphatic heterocycles. The maximum Gasteiger partial charge on any atom is 0.404 e. The quantitative estimate of drug-likeness (QED) is 0.800. The Kier molecular flexibility index (Phi) is 3.08. The highest BCUT2D eigenvalue weighted by atomic mass is 35.5. The first kappa shape index (κ1) is 9.80. The van der Waals surface area contributed by atoms with Crippen LogP contribution in [0.2, 0.25) is 5.02 Å². The zero-order valence-electron chi connectivity index (χ0n) is 6.59. The van der Waals surface area contributed by atoms with Gasteiger partial charge in [0.05, 0.1) is 5.02 Å². The summed E-state index contributed by atoms with van der Waals surface area (Å²) in [6.07, 6.45) is -0.945. The third kappa shape index (κ3) is 2.59. The first-order valence-electron chi connectivity index (χ1n) is 3.46. The lowest BCUT2D eigenvalue weighted by molar-refractivity contribution is 0.149. The Balaban J connectivity index is 2.77. The van der Waals surface area contributed by atoms with Crippen LogP contribution in [0.1, 0.15) is 5.56 Å². The van der Waals surface area contributed by atoms with Gasteiger partial charge in [-0.05, 0) is 6.07 Å². The first-order valence-corrected chi connectivity index (χ1v) is 3.84. The molecule has 0 spiro atoms. The van der Waals surface area contributed by atoms with E-state index in [0.29, 0.717) is 0 Å². The fraction of sp³-hybridized carbons (Fsp3) is 0.125. The smallest absolute Gasteiger partial charge is 0.404 e. The molecule has 1 rings (SSSR count). The highest BCUT2D eigenvalue weighted by molar-refractivity contribution is 6.30. The molecule has 13 heavy (non-hydrogen) atoms. The molecule has 0 saturated carbocycles. The zero-order valence-corrected chi connectivity index (χ0v) is 7.34. The number of rotatable bonds is 2. The van der Waals surface area contributed by atoms with Crippen LogP contribution in [0.3, 0.4) is 0 Å². The predicted octanol–water partition coefficient (Wildman–Crippen LogP) is 2.07. The minimum Gasteiger partial charge on any atom is -0.445 e. The number of primary amides is 1. The SMILES string of the molecule is NC(=O)OCc1cccc(Cl)c1F. The normalized spacial score (nSPS) is 9.69. The summed E-state index contributed by atoms with van der Waals surface area (Å²) in [5.41, 5.74) is 4.91. The topological polar surface area (TPSA) is 52.3 Å². The van der Waals surface area contributed by atoms with Crippen molar-refractivity contribution in [2.75, 3.05) is 0 Å².